The summed E-state index contributed by atoms with van der Waals surface area (Å²) in [6.07, 6.45) is 7.64. The van der Waals surface area contributed by atoms with E-state index in [0.29, 0.717) is 12.3 Å². The van der Waals surface area contributed by atoms with E-state index in [4.69, 9.17) is 4.74 Å². The Morgan fingerprint density at radius 1 is 1.19 bits per heavy atom. The number of methoxy groups -OCH3 is 1. The van der Waals surface area contributed by atoms with Crippen LogP contribution in [0.25, 0.3) is 0 Å². The van der Waals surface area contributed by atoms with E-state index in [1.54, 1.807) is 7.11 Å². The number of sulfonamides is 1. The molecule has 1 aromatic carbocycles. The van der Waals surface area contributed by atoms with E-state index < -0.39 is 10.0 Å². The standard InChI is InChI=1S/C20H32N2O3S/c1-16-7-5-11-22(15-16)12-6-10-21-26(23,24)20-14-18-9-4-3-8-17(18)13-19(20)25-2/h13-14,16,21H,3-12,15H2,1-2H3/t16-/m1/s1. The smallest absolute Gasteiger partial charge is 0.244 e. The summed E-state index contributed by atoms with van der Waals surface area (Å²) in [6.45, 7) is 5.97. The highest BCUT2D eigenvalue weighted by molar-refractivity contribution is 7.89. The quantitative estimate of drug-likeness (QED) is 0.739. The molecule has 1 fully saturated rings. The van der Waals surface area contributed by atoms with E-state index >= 15 is 0 Å². The molecule has 1 aliphatic carbocycles. The number of hydrogen-bond acceptors (Lipinski definition) is 4. The van der Waals surface area contributed by atoms with Crippen molar-refractivity contribution in [3.8, 4) is 5.75 Å². The number of nitrogens with one attached hydrogen (secondary N) is 1. The van der Waals surface area contributed by atoms with Gasteiger partial charge in [0.1, 0.15) is 10.6 Å². The van der Waals surface area contributed by atoms with Crippen molar-refractivity contribution in [3.05, 3.63) is 23.3 Å². The fourth-order valence-electron chi connectivity index (χ4n) is 4.19. The first-order valence-electron chi connectivity index (χ1n) is 9.91. The van der Waals surface area contributed by atoms with Crippen LogP contribution in [0.2, 0.25) is 0 Å². The number of ether oxygens (including phenoxy) is 1. The molecule has 6 heteroatoms. The summed E-state index contributed by atoms with van der Waals surface area (Å²) in [7, 11) is -2.00. The van der Waals surface area contributed by atoms with E-state index in [-0.39, 0.29) is 4.90 Å². The Bertz CT molecular complexity index is 718. The topological polar surface area (TPSA) is 58.6 Å². The summed E-state index contributed by atoms with van der Waals surface area (Å²) in [4.78, 5) is 2.73. The van der Waals surface area contributed by atoms with Crippen LogP contribution in [0.15, 0.2) is 17.0 Å². The predicted octanol–water partition coefficient (Wildman–Crippen LogP) is 2.97. The third-order valence-corrected chi connectivity index (χ3v) is 7.08. The second-order valence-corrected chi connectivity index (χ2v) is 9.51. The Morgan fingerprint density at radius 3 is 2.62 bits per heavy atom. The molecule has 0 spiro atoms. The van der Waals surface area contributed by atoms with Crippen LogP contribution in [0.5, 0.6) is 5.75 Å². The highest BCUT2D eigenvalue weighted by Crippen LogP contribution is 2.31. The monoisotopic (exact) mass is 380 g/mol. The van der Waals surface area contributed by atoms with Gasteiger partial charge in [-0.2, -0.15) is 0 Å². The summed E-state index contributed by atoms with van der Waals surface area (Å²) < 4.78 is 33.7. The van der Waals surface area contributed by atoms with E-state index in [1.165, 1.54) is 18.4 Å². The third kappa shape index (κ3) is 4.78. The minimum absolute atomic E-state index is 0.284. The van der Waals surface area contributed by atoms with E-state index in [2.05, 4.69) is 16.5 Å². The van der Waals surface area contributed by atoms with Gasteiger partial charge in [0.05, 0.1) is 7.11 Å². The van der Waals surface area contributed by atoms with Gasteiger partial charge in [0, 0.05) is 13.1 Å². The molecule has 3 rings (SSSR count). The van der Waals surface area contributed by atoms with Gasteiger partial charge in [0.15, 0.2) is 0 Å². The van der Waals surface area contributed by atoms with Gasteiger partial charge in [0.2, 0.25) is 10.0 Å². The van der Waals surface area contributed by atoms with Gasteiger partial charge < -0.3 is 9.64 Å². The molecule has 0 radical (unpaired) electrons. The minimum Gasteiger partial charge on any atom is -0.495 e. The molecule has 1 aliphatic heterocycles. The summed E-state index contributed by atoms with van der Waals surface area (Å²) in [6, 6.07) is 3.74. The van der Waals surface area contributed by atoms with Crippen molar-refractivity contribution >= 4 is 10.0 Å². The fourth-order valence-corrected chi connectivity index (χ4v) is 5.46. The van der Waals surface area contributed by atoms with Crippen LogP contribution in [0.1, 0.15) is 50.2 Å². The van der Waals surface area contributed by atoms with Crippen LogP contribution in [-0.4, -0.2) is 46.6 Å². The molecule has 0 unspecified atom stereocenters. The number of likely N-dealkylation sites (tertiary alicyclic amines) is 1. The SMILES string of the molecule is COc1cc2c(cc1S(=O)(=O)NCCCN1CCC[C@@H](C)C1)CCCC2. The highest BCUT2D eigenvalue weighted by atomic mass is 32.2. The van der Waals surface area contributed by atoms with E-state index in [9.17, 15) is 8.42 Å². The molecule has 5 nitrogen and oxygen atoms in total. The second-order valence-electron chi connectivity index (χ2n) is 7.78. The van der Waals surface area contributed by atoms with Crippen LogP contribution in [0, 0.1) is 5.92 Å². The molecule has 0 aromatic heterocycles. The third-order valence-electron chi connectivity index (χ3n) is 5.60. The van der Waals surface area contributed by atoms with Crippen LogP contribution in [-0.2, 0) is 22.9 Å². The Labute approximate surface area is 158 Å². The van der Waals surface area contributed by atoms with Crippen LogP contribution in [0.3, 0.4) is 0 Å². The molecule has 0 bridgehead atoms. The van der Waals surface area contributed by atoms with Gasteiger partial charge in [-0.05, 0) is 87.2 Å². The number of benzene rings is 1. The van der Waals surface area contributed by atoms with Crippen molar-refractivity contribution in [2.75, 3.05) is 33.3 Å². The Hall–Kier alpha value is -1.11. The number of fused-ring (bicyclic) bond motifs is 1. The molecule has 0 amide bonds. The zero-order valence-electron chi connectivity index (χ0n) is 16.1. The van der Waals surface area contributed by atoms with Gasteiger partial charge in [-0.1, -0.05) is 6.92 Å². The van der Waals surface area contributed by atoms with Crippen molar-refractivity contribution in [2.24, 2.45) is 5.92 Å². The summed E-state index contributed by atoms with van der Waals surface area (Å²) in [5.74, 6) is 1.21. The maximum absolute atomic E-state index is 12.8. The Balaban J connectivity index is 1.60. The van der Waals surface area contributed by atoms with Gasteiger partial charge in [0.25, 0.3) is 0 Å². The average Bonchev–Trinajstić information content (AvgIpc) is 2.64. The van der Waals surface area contributed by atoms with Gasteiger partial charge in [-0.3, -0.25) is 0 Å². The first kappa shape index (κ1) is 19.6. The van der Waals surface area contributed by atoms with Gasteiger partial charge in [-0.15, -0.1) is 0 Å². The summed E-state index contributed by atoms with van der Waals surface area (Å²) >= 11 is 0. The lowest BCUT2D eigenvalue weighted by molar-refractivity contribution is 0.182. The molecule has 1 aromatic rings. The molecule has 1 atom stereocenters. The van der Waals surface area contributed by atoms with Crippen LogP contribution < -0.4 is 9.46 Å². The molecule has 26 heavy (non-hydrogen) atoms. The van der Waals surface area contributed by atoms with Gasteiger partial charge in [-0.25, -0.2) is 13.1 Å². The van der Waals surface area contributed by atoms with Crippen molar-refractivity contribution in [1.82, 2.24) is 9.62 Å². The number of aryl methyl sites for hydroxylation is 2. The lowest BCUT2D eigenvalue weighted by atomic mass is 9.92. The number of nitrogens with zero attached hydrogens (tertiary/aromatic N) is 1. The van der Waals surface area contributed by atoms with E-state index in [0.717, 1.165) is 63.2 Å². The summed E-state index contributed by atoms with van der Waals surface area (Å²) in [5, 5.41) is 0. The lowest BCUT2D eigenvalue weighted by Crippen LogP contribution is -2.36. The lowest BCUT2D eigenvalue weighted by Gasteiger charge is -2.30. The first-order valence-corrected chi connectivity index (χ1v) is 11.4. The maximum Gasteiger partial charge on any atom is 0.244 e. The number of piperidine rings is 1. The normalized spacial score (nSPS) is 21.4. The Kier molecular flexibility index (Phi) is 6.59. The van der Waals surface area contributed by atoms with Gasteiger partial charge >= 0.3 is 0 Å². The predicted molar refractivity (Wildman–Crippen MR) is 104 cm³/mol. The van der Waals surface area contributed by atoms with Crippen molar-refractivity contribution in [1.29, 1.82) is 0 Å². The van der Waals surface area contributed by atoms with Crippen molar-refractivity contribution < 1.29 is 13.2 Å². The number of hydrogen-bond donors (Lipinski definition) is 1. The van der Waals surface area contributed by atoms with Crippen LogP contribution in [0.4, 0.5) is 0 Å². The molecular weight excluding hydrogens is 348 g/mol. The highest BCUT2D eigenvalue weighted by Gasteiger charge is 2.23. The Morgan fingerprint density at radius 2 is 1.92 bits per heavy atom. The molecule has 1 heterocycles. The molecule has 0 saturated carbocycles. The van der Waals surface area contributed by atoms with Crippen molar-refractivity contribution in [2.45, 2.75) is 56.8 Å². The molecule has 2 aliphatic rings. The average molecular weight is 381 g/mol. The zero-order chi connectivity index (χ0) is 18.6. The zero-order valence-corrected chi connectivity index (χ0v) is 16.9. The molecule has 146 valence electrons. The van der Waals surface area contributed by atoms with Crippen LogP contribution >= 0.6 is 0 Å². The molecule has 1 saturated heterocycles. The number of rotatable bonds is 7. The largest absolute Gasteiger partial charge is 0.495 e. The van der Waals surface area contributed by atoms with E-state index in [1.807, 2.05) is 12.1 Å². The molecular formula is C20H32N2O3S. The van der Waals surface area contributed by atoms with Crippen molar-refractivity contribution in [3.63, 3.8) is 0 Å². The first-order chi connectivity index (χ1) is 12.5. The maximum atomic E-state index is 12.8. The fraction of sp³-hybridized carbons (Fsp3) is 0.700. The minimum atomic E-state index is -3.54. The molecule has 1 N–H and O–H groups in total. The summed E-state index contributed by atoms with van der Waals surface area (Å²) in [5.41, 5.74) is 2.38. The second kappa shape index (κ2) is 8.72.